The van der Waals surface area contributed by atoms with E-state index >= 15 is 0 Å². The van der Waals surface area contributed by atoms with Gasteiger partial charge in [-0.05, 0) is 11.1 Å². The lowest BCUT2D eigenvalue weighted by Crippen LogP contribution is -2.17. The monoisotopic (exact) mass is 254 g/mol. The van der Waals surface area contributed by atoms with Crippen LogP contribution in [-0.2, 0) is 20.7 Å². The molecule has 0 aliphatic carbocycles. The molecule has 2 aromatic carbocycles. The molecule has 0 radical (unpaired) electrons. The van der Waals surface area contributed by atoms with E-state index in [1.54, 1.807) is 12.1 Å². The molecule has 19 heavy (non-hydrogen) atoms. The number of hydrogen-bond acceptors (Lipinski definition) is 3. The van der Waals surface area contributed by atoms with Crippen LogP contribution in [0.25, 0.3) is 0 Å². The second-order valence-electron chi connectivity index (χ2n) is 4.15. The third-order valence-electron chi connectivity index (χ3n) is 2.81. The van der Waals surface area contributed by atoms with Crippen molar-refractivity contribution in [1.29, 1.82) is 0 Å². The van der Waals surface area contributed by atoms with Crippen molar-refractivity contribution in [2.75, 3.05) is 0 Å². The van der Waals surface area contributed by atoms with Crippen molar-refractivity contribution < 1.29 is 14.3 Å². The normalized spacial score (nSPS) is 11.6. The Labute approximate surface area is 111 Å². The Morgan fingerprint density at radius 2 is 1.58 bits per heavy atom. The predicted octanol–water partition coefficient (Wildman–Crippen LogP) is 2.71. The van der Waals surface area contributed by atoms with Gasteiger partial charge in [-0.2, -0.15) is 0 Å². The van der Waals surface area contributed by atoms with Crippen LogP contribution < -0.4 is 0 Å². The summed E-state index contributed by atoms with van der Waals surface area (Å²) in [7, 11) is 0. The molecule has 0 spiro atoms. The fourth-order valence-electron chi connectivity index (χ4n) is 1.91. The summed E-state index contributed by atoms with van der Waals surface area (Å²) in [5, 5.41) is 0. The summed E-state index contributed by atoms with van der Waals surface area (Å²) < 4.78 is 4.93. The Morgan fingerprint density at radius 3 is 2.16 bits per heavy atom. The lowest BCUT2D eigenvalue weighted by Gasteiger charge is -2.14. The molecular formula is C16H14O3. The summed E-state index contributed by atoms with van der Waals surface area (Å²) in [4.78, 5) is 22.8. The Morgan fingerprint density at radius 1 is 1.00 bits per heavy atom. The molecule has 0 saturated carbocycles. The minimum absolute atomic E-state index is 0.135. The first-order valence-electron chi connectivity index (χ1n) is 6.02. The number of hydrogen-bond donors (Lipinski definition) is 0. The third-order valence-corrected chi connectivity index (χ3v) is 2.81. The number of carbonyl (C=O) groups is 2. The van der Waals surface area contributed by atoms with Crippen molar-refractivity contribution >= 4 is 12.3 Å². The maximum absolute atomic E-state index is 12.2. The summed E-state index contributed by atoms with van der Waals surface area (Å²) in [5.74, 6) is -0.135. The van der Waals surface area contributed by atoms with Crippen molar-refractivity contribution in [1.82, 2.24) is 0 Å². The molecule has 0 saturated heterocycles. The van der Waals surface area contributed by atoms with Crippen molar-refractivity contribution in [3.63, 3.8) is 0 Å². The maximum Gasteiger partial charge on any atom is 0.294 e. The first kappa shape index (κ1) is 13.0. The second-order valence-corrected chi connectivity index (χ2v) is 4.15. The number of rotatable bonds is 6. The van der Waals surface area contributed by atoms with Crippen LogP contribution in [0.5, 0.6) is 0 Å². The van der Waals surface area contributed by atoms with Gasteiger partial charge in [-0.25, -0.2) is 0 Å². The van der Waals surface area contributed by atoms with Gasteiger partial charge in [-0.15, -0.1) is 0 Å². The fraction of sp³-hybridized carbons (Fsp3) is 0.125. The number of ether oxygens (including phenoxy) is 1. The molecular weight excluding hydrogens is 240 g/mol. The van der Waals surface area contributed by atoms with Crippen molar-refractivity contribution in [2.24, 2.45) is 0 Å². The highest BCUT2D eigenvalue weighted by Gasteiger charge is 2.21. The summed E-state index contributed by atoms with van der Waals surface area (Å²) in [6, 6.07) is 18.4. The molecule has 1 atom stereocenters. The zero-order valence-corrected chi connectivity index (χ0v) is 10.4. The van der Waals surface area contributed by atoms with Gasteiger partial charge in [0.15, 0.2) is 11.9 Å². The summed E-state index contributed by atoms with van der Waals surface area (Å²) >= 11 is 0. The van der Waals surface area contributed by atoms with Crippen molar-refractivity contribution in [2.45, 2.75) is 12.5 Å². The topological polar surface area (TPSA) is 43.4 Å². The van der Waals surface area contributed by atoms with Gasteiger partial charge in [0, 0.05) is 6.42 Å². The first-order chi connectivity index (χ1) is 9.31. The highest BCUT2D eigenvalue weighted by molar-refractivity contribution is 5.87. The highest BCUT2D eigenvalue weighted by Crippen LogP contribution is 2.19. The lowest BCUT2D eigenvalue weighted by atomic mass is 10.00. The largest absolute Gasteiger partial charge is 0.452 e. The van der Waals surface area contributed by atoms with Crippen LogP contribution in [0.1, 0.15) is 17.2 Å². The minimum atomic E-state index is -0.834. The van der Waals surface area contributed by atoms with Crippen molar-refractivity contribution in [3.05, 3.63) is 71.8 Å². The quantitative estimate of drug-likeness (QED) is 0.744. The van der Waals surface area contributed by atoms with Crippen LogP contribution in [-0.4, -0.2) is 12.3 Å². The van der Waals surface area contributed by atoms with Gasteiger partial charge in [0.2, 0.25) is 0 Å². The van der Waals surface area contributed by atoms with E-state index in [-0.39, 0.29) is 12.2 Å². The van der Waals surface area contributed by atoms with Gasteiger partial charge in [0.25, 0.3) is 6.47 Å². The van der Waals surface area contributed by atoms with Crippen molar-refractivity contribution in [3.8, 4) is 0 Å². The molecule has 0 aromatic heterocycles. The number of ketones is 1. The van der Waals surface area contributed by atoms with Crippen LogP contribution in [0.15, 0.2) is 60.7 Å². The SMILES string of the molecule is O=COC(C(=O)Cc1ccccc1)c1ccccc1. The molecule has 1 unspecified atom stereocenters. The Balaban J connectivity index is 2.15. The van der Waals surface area contributed by atoms with Crippen LogP contribution in [0.3, 0.4) is 0 Å². The zero-order valence-electron chi connectivity index (χ0n) is 10.4. The molecule has 0 aliphatic heterocycles. The molecule has 0 bridgehead atoms. The fourth-order valence-corrected chi connectivity index (χ4v) is 1.91. The molecule has 0 heterocycles. The summed E-state index contributed by atoms with van der Waals surface area (Å²) in [6.45, 7) is 0.320. The van der Waals surface area contributed by atoms with E-state index in [1.165, 1.54) is 0 Å². The molecule has 0 fully saturated rings. The lowest BCUT2D eigenvalue weighted by molar-refractivity contribution is -0.144. The van der Waals surface area contributed by atoms with E-state index in [0.717, 1.165) is 5.56 Å². The highest BCUT2D eigenvalue weighted by atomic mass is 16.5. The van der Waals surface area contributed by atoms with Crippen LogP contribution in [0, 0.1) is 0 Å². The van der Waals surface area contributed by atoms with Gasteiger partial charge >= 0.3 is 0 Å². The van der Waals surface area contributed by atoms with E-state index in [0.29, 0.717) is 12.0 Å². The standard InChI is InChI=1S/C16H14O3/c17-12-19-16(14-9-5-2-6-10-14)15(18)11-13-7-3-1-4-8-13/h1-10,12,16H,11H2. The molecule has 0 N–H and O–H groups in total. The summed E-state index contributed by atoms with van der Waals surface area (Å²) in [5.41, 5.74) is 1.60. The van der Waals surface area contributed by atoms with E-state index in [2.05, 4.69) is 0 Å². The zero-order chi connectivity index (χ0) is 13.5. The van der Waals surface area contributed by atoms with E-state index in [1.807, 2.05) is 48.5 Å². The Kier molecular flexibility index (Phi) is 4.45. The minimum Gasteiger partial charge on any atom is -0.452 e. The van der Waals surface area contributed by atoms with Crippen LogP contribution in [0.2, 0.25) is 0 Å². The third kappa shape index (κ3) is 3.52. The Bertz CT molecular complexity index is 534. The van der Waals surface area contributed by atoms with Gasteiger partial charge in [-0.1, -0.05) is 60.7 Å². The van der Waals surface area contributed by atoms with Gasteiger partial charge < -0.3 is 4.74 Å². The summed E-state index contributed by atoms with van der Waals surface area (Å²) in [6.07, 6.45) is -0.590. The van der Waals surface area contributed by atoms with Gasteiger partial charge in [-0.3, -0.25) is 9.59 Å². The molecule has 3 heteroatoms. The maximum atomic E-state index is 12.2. The first-order valence-corrected chi connectivity index (χ1v) is 6.02. The molecule has 2 aromatic rings. The van der Waals surface area contributed by atoms with E-state index in [4.69, 9.17) is 4.74 Å². The average molecular weight is 254 g/mol. The van der Waals surface area contributed by atoms with E-state index in [9.17, 15) is 9.59 Å². The van der Waals surface area contributed by atoms with Crippen LogP contribution in [0.4, 0.5) is 0 Å². The molecule has 96 valence electrons. The number of carbonyl (C=O) groups excluding carboxylic acids is 2. The van der Waals surface area contributed by atoms with E-state index < -0.39 is 6.10 Å². The van der Waals surface area contributed by atoms with Gasteiger partial charge in [0.05, 0.1) is 0 Å². The molecule has 0 amide bonds. The van der Waals surface area contributed by atoms with Crippen LogP contribution >= 0.6 is 0 Å². The van der Waals surface area contributed by atoms with Gasteiger partial charge in [0.1, 0.15) is 0 Å². The number of Topliss-reactive ketones (excluding diaryl/α,β-unsaturated/α-hetero) is 1. The smallest absolute Gasteiger partial charge is 0.294 e. The predicted molar refractivity (Wildman–Crippen MR) is 71.5 cm³/mol. The average Bonchev–Trinajstić information content (AvgIpc) is 2.46. The number of benzene rings is 2. The molecule has 3 nitrogen and oxygen atoms in total. The second kappa shape index (κ2) is 6.50. The molecule has 2 rings (SSSR count). The Hall–Kier alpha value is -2.42. The molecule has 0 aliphatic rings.